The summed E-state index contributed by atoms with van der Waals surface area (Å²) in [5.41, 5.74) is 3.40. The minimum atomic E-state index is 0.467. The first kappa shape index (κ1) is 17.0. The fourth-order valence-electron chi connectivity index (χ4n) is 3.24. The Bertz CT molecular complexity index is 379. The molecule has 1 saturated heterocycles. The zero-order valence-electron chi connectivity index (χ0n) is 14.0. The van der Waals surface area contributed by atoms with E-state index >= 15 is 0 Å². The summed E-state index contributed by atoms with van der Waals surface area (Å²) in [4.78, 5) is 2.45. The molecule has 0 atom stereocenters. The van der Waals surface area contributed by atoms with Crippen LogP contribution in [-0.2, 0) is 5.41 Å². The second-order valence-electron chi connectivity index (χ2n) is 5.31. The van der Waals surface area contributed by atoms with E-state index in [1.165, 1.54) is 38.0 Å². The molecule has 1 N–H and O–H groups in total. The monoisotopic (exact) mass is 276 g/mol. The molecule has 2 aliphatic rings. The fourth-order valence-corrected chi connectivity index (χ4v) is 3.24. The van der Waals surface area contributed by atoms with E-state index in [1.807, 2.05) is 27.7 Å². The Balaban J connectivity index is 0.000000461. The van der Waals surface area contributed by atoms with Gasteiger partial charge in [0.05, 0.1) is 0 Å². The molecule has 1 aromatic carbocycles. The van der Waals surface area contributed by atoms with Crippen LogP contribution in [0.3, 0.4) is 0 Å². The van der Waals surface area contributed by atoms with Crippen LogP contribution in [0.5, 0.6) is 0 Å². The Morgan fingerprint density at radius 1 is 0.950 bits per heavy atom. The normalized spacial score (nSPS) is 19.6. The van der Waals surface area contributed by atoms with Gasteiger partial charge in [-0.3, -0.25) is 0 Å². The van der Waals surface area contributed by atoms with Crippen LogP contribution in [0.2, 0.25) is 0 Å². The Morgan fingerprint density at radius 3 is 2.20 bits per heavy atom. The van der Waals surface area contributed by atoms with Crippen molar-refractivity contribution in [2.75, 3.05) is 32.0 Å². The number of nitrogens with one attached hydrogen (secondary N) is 1. The zero-order valence-corrected chi connectivity index (χ0v) is 14.0. The Labute approximate surface area is 125 Å². The summed E-state index contributed by atoms with van der Waals surface area (Å²) in [5, 5.41) is 3.53. The minimum absolute atomic E-state index is 0.467. The van der Waals surface area contributed by atoms with Gasteiger partial charge < -0.3 is 10.2 Å². The van der Waals surface area contributed by atoms with Crippen molar-refractivity contribution in [2.45, 2.75) is 52.4 Å². The van der Waals surface area contributed by atoms with Crippen molar-refractivity contribution < 1.29 is 0 Å². The predicted octanol–water partition coefficient (Wildman–Crippen LogP) is 4.52. The van der Waals surface area contributed by atoms with E-state index in [-0.39, 0.29) is 0 Å². The molecule has 2 heterocycles. The summed E-state index contributed by atoms with van der Waals surface area (Å²) in [6, 6.07) is 8.88. The topological polar surface area (TPSA) is 15.3 Å². The van der Waals surface area contributed by atoms with Crippen molar-refractivity contribution in [1.82, 2.24) is 4.90 Å². The number of fused-ring (bicyclic) bond motifs is 2. The lowest BCUT2D eigenvalue weighted by molar-refractivity contribution is 0.179. The van der Waals surface area contributed by atoms with Crippen LogP contribution in [0.1, 0.15) is 52.5 Å². The number of hydrogen-bond acceptors (Lipinski definition) is 2. The first-order chi connectivity index (χ1) is 9.80. The smallest absolute Gasteiger partial charge is 0.0378 e. The van der Waals surface area contributed by atoms with Crippen LogP contribution in [0.4, 0.5) is 5.69 Å². The molecule has 0 saturated carbocycles. The van der Waals surface area contributed by atoms with Crippen molar-refractivity contribution >= 4 is 5.69 Å². The molecule has 0 radical (unpaired) electrons. The lowest BCUT2D eigenvalue weighted by Crippen LogP contribution is -2.44. The van der Waals surface area contributed by atoms with Crippen LogP contribution in [0.25, 0.3) is 0 Å². The summed E-state index contributed by atoms with van der Waals surface area (Å²) >= 11 is 0. The van der Waals surface area contributed by atoms with Gasteiger partial charge >= 0.3 is 0 Å². The molecule has 0 bridgehead atoms. The van der Waals surface area contributed by atoms with E-state index in [0.717, 1.165) is 6.54 Å². The lowest BCUT2D eigenvalue weighted by atomic mass is 9.68. The molecule has 1 aromatic rings. The first-order valence-electron chi connectivity index (χ1n) is 8.32. The van der Waals surface area contributed by atoms with Crippen LogP contribution in [-0.4, -0.2) is 31.6 Å². The highest BCUT2D eigenvalue weighted by Crippen LogP contribution is 2.44. The van der Waals surface area contributed by atoms with Gasteiger partial charge in [0.1, 0.15) is 0 Å². The van der Waals surface area contributed by atoms with Gasteiger partial charge in [-0.2, -0.15) is 0 Å². The number of piperidine rings is 1. The minimum Gasteiger partial charge on any atom is -0.385 e. The number of rotatable bonds is 0. The van der Waals surface area contributed by atoms with Gasteiger partial charge in [0.2, 0.25) is 0 Å². The molecule has 2 heteroatoms. The maximum absolute atomic E-state index is 3.53. The van der Waals surface area contributed by atoms with Crippen molar-refractivity contribution in [3.8, 4) is 0 Å². The van der Waals surface area contributed by atoms with Crippen molar-refractivity contribution in [3.05, 3.63) is 29.8 Å². The molecule has 1 fully saturated rings. The van der Waals surface area contributed by atoms with E-state index < -0.39 is 0 Å². The number of nitrogens with zero attached hydrogens (tertiary/aromatic N) is 1. The number of likely N-dealkylation sites (tertiary alicyclic amines) is 1. The van der Waals surface area contributed by atoms with Gasteiger partial charge in [0.15, 0.2) is 0 Å². The predicted molar refractivity (Wildman–Crippen MR) is 90.7 cm³/mol. The SMILES string of the molecule is CC.CC.CN1CCC2(CCNc3ccccc32)CC1. The Kier molecular flexibility index (Phi) is 7.08. The van der Waals surface area contributed by atoms with Gasteiger partial charge in [-0.15, -0.1) is 0 Å². The maximum atomic E-state index is 3.53. The second-order valence-corrected chi connectivity index (χ2v) is 5.31. The number of benzene rings is 1. The first-order valence-corrected chi connectivity index (χ1v) is 8.32. The molecule has 0 amide bonds. The third-order valence-corrected chi connectivity index (χ3v) is 4.36. The second kappa shape index (κ2) is 8.31. The van der Waals surface area contributed by atoms with E-state index in [4.69, 9.17) is 0 Å². The highest BCUT2D eigenvalue weighted by Gasteiger charge is 2.38. The van der Waals surface area contributed by atoms with Gasteiger partial charge in [-0.05, 0) is 51.0 Å². The molecule has 0 aliphatic carbocycles. The van der Waals surface area contributed by atoms with Gasteiger partial charge in [0.25, 0.3) is 0 Å². The van der Waals surface area contributed by atoms with Crippen LogP contribution in [0.15, 0.2) is 24.3 Å². The van der Waals surface area contributed by atoms with E-state index in [0.29, 0.717) is 5.41 Å². The summed E-state index contributed by atoms with van der Waals surface area (Å²) in [6.07, 6.45) is 3.95. The largest absolute Gasteiger partial charge is 0.385 e. The lowest BCUT2D eigenvalue weighted by Gasteiger charge is -2.44. The molecular formula is C18H32N2. The van der Waals surface area contributed by atoms with Crippen LogP contribution >= 0.6 is 0 Å². The number of hydrogen-bond donors (Lipinski definition) is 1. The summed E-state index contributed by atoms with van der Waals surface area (Å²) < 4.78 is 0. The number of para-hydroxylation sites is 1. The average molecular weight is 276 g/mol. The highest BCUT2D eigenvalue weighted by atomic mass is 15.1. The Morgan fingerprint density at radius 2 is 1.55 bits per heavy atom. The van der Waals surface area contributed by atoms with E-state index in [2.05, 4.69) is 41.5 Å². The molecular weight excluding hydrogens is 244 g/mol. The average Bonchev–Trinajstić information content (AvgIpc) is 2.55. The van der Waals surface area contributed by atoms with Crippen molar-refractivity contribution in [3.63, 3.8) is 0 Å². The van der Waals surface area contributed by atoms with Crippen molar-refractivity contribution in [2.24, 2.45) is 0 Å². The number of anilines is 1. The molecule has 0 unspecified atom stereocenters. The molecule has 114 valence electrons. The van der Waals surface area contributed by atoms with E-state index in [1.54, 1.807) is 5.56 Å². The standard InChI is InChI=1S/C14H20N2.2C2H6/c1-16-10-7-14(8-11-16)6-9-15-13-5-3-2-4-12(13)14;2*1-2/h2-5,15H,6-11H2,1H3;2*1-2H3. The maximum Gasteiger partial charge on any atom is 0.0378 e. The zero-order chi connectivity index (χ0) is 15.0. The van der Waals surface area contributed by atoms with Gasteiger partial charge in [-0.1, -0.05) is 45.9 Å². The van der Waals surface area contributed by atoms with Crippen molar-refractivity contribution in [1.29, 1.82) is 0 Å². The Hall–Kier alpha value is -1.02. The summed E-state index contributed by atoms with van der Waals surface area (Å²) in [6.45, 7) is 11.6. The quantitative estimate of drug-likeness (QED) is 0.749. The third kappa shape index (κ3) is 3.54. The van der Waals surface area contributed by atoms with Crippen LogP contribution in [0, 0.1) is 0 Å². The molecule has 1 spiro atoms. The molecule has 2 aliphatic heterocycles. The van der Waals surface area contributed by atoms with E-state index in [9.17, 15) is 0 Å². The molecule has 20 heavy (non-hydrogen) atoms. The fraction of sp³-hybridized carbons (Fsp3) is 0.667. The van der Waals surface area contributed by atoms with Gasteiger partial charge in [-0.25, -0.2) is 0 Å². The molecule has 2 nitrogen and oxygen atoms in total. The summed E-state index contributed by atoms with van der Waals surface area (Å²) in [7, 11) is 2.24. The molecule has 0 aromatic heterocycles. The highest BCUT2D eigenvalue weighted by molar-refractivity contribution is 5.57. The summed E-state index contributed by atoms with van der Waals surface area (Å²) in [5.74, 6) is 0. The third-order valence-electron chi connectivity index (χ3n) is 4.36. The molecule has 3 rings (SSSR count). The van der Waals surface area contributed by atoms with Gasteiger partial charge in [0, 0.05) is 17.6 Å². The van der Waals surface area contributed by atoms with Crippen LogP contribution < -0.4 is 5.32 Å².